The van der Waals surface area contributed by atoms with Gasteiger partial charge in [-0.05, 0) is 81.1 Å². The third-order valence-corrected chi connectivity index (χ3v) is 6.78. The smallest absolute Gasteiger partial charge is 0.151 e. The van der Waals surface area contributed by atoms with Crippen LogP contribution in [0.3, 0.4) is 0 Å². The Morgan fingerprint density at radius 1 is 0.733 bits per heavy atom. The Morgan fingerprint density at radius 3 is 2.53 bits per heavy atom. The fourth-order valence-corrected chi connectivity index (χ4v) is 5.28. The number of fused-ring (bicyclic) bond motifs is 5. The fraction of sp³-hybridized carbons (Fsp3) is 0.138. The van der Waals surface area contributed by atoms with Crippen LogP contribution in [0.15, 0.2) is 84.5 Å². The molecule has 6 rings (SSSR count). The molecule has 0 atom stereocenters. The summed E-state index contributed by atoms with van der Waals surface area (Å²) in [5.41, 5.74) is 8.82. The van der Waals surface area contributed by atoms with E-state index in [1.807, 2.05) is 18.2 Å². The summed E-state index contributed by atoms with van der Waals surface area (Å²) in [6.45, 7) is 0. The maximum atomic E-state index is 12.0. The molecule has 2 aliphatic carbocycles. The van der Waals surface area contributed by atoms with E-state index in [4.69, 9.17) is 0 Å². The molecule has 0 fully saturated rings. The lowest BCUT2D eigenvalue weighted by molar-refractivity contribution is 0.112. The molecule has 0 saturated heterocycles. The van der Waals surface area contributed by atoms with Gasteiger partial charge in [0.2, 0.25) is 0 Å². The normalized spacial score (nSPS) is 15.3. The maximum Gasteiger partial charge on any atom is 0.151 e. The first-order valence-corrected chi connectivity index (χ1v) is 10.8. The number of aryl methyl sites for hydroxylation is 1. The van der Waals surface area contributed by atoms with Gasteiger partial charge < -0.3 is 0 Å². The molecular weight excluding hydrogens is 364 g/mol. The molecule has 0 amide bonds. The van der Waals surface area contributed by atoms with Crippen molar-refractivity contribution in [3.8, 4) is 11.1 Å². The first-order valence-electron chi connectivity index (χ1n) is 10.8. The highest BCUT2D eigenvalue weighted by Crippen LogP contribution is 2.41. The van der Waals surface area contributed by atoms with Crippen LogP contribution >= 0.6 is 0 Å². The Hall–Kier alpha value is -3.45. The molecule has 4 aromatic rings. The third-order valence-electron chi connectivity index (χ3n) is 6.78. The number of carbonyl (C=O) groups excluding carboxylic acids is 1. The van der Waals surface area contributed by atoms with Crippen LogP contribution in [0.2, 0.25) is 0 Å². The van der Waals surface area contributed by atoms with E-state index in [9.17, 15) is 4.79 Å². The van der Waals surface area contributed by atoms with Gasteiger partial charge in [0.1, 0.15) is 0 Å². The average molecular weight is 386 g/mol. The second-order valence-electron chi connectivity index (χ2n) is 8.35. The van der Waals surface area contributed by atoms with E-state index in [2.05, 4.69) is 60.7 Å². The van der Waals surface area contributed by atoms with Crippen molar-refractivity contribution in [3.63, 3.8) is 0 Å². The zero-order valence-electron chi connectivity index (χ0n) is 16.8. The SMILES string of the molecule is O=Cc1c(-c2ccc3c4c(ccc3c2)C2=C(CCC=C2)CC4)ccc2ccccc12. The molecule has 2 aliphatic rings. The van der Waals surface area contributed by atoms with E-state index < -0.39 is 0 Å². The zero-order chi connectivity index (χ0) is 20.1. The molecule has 0 bridgehead atoms. The molecule has 0 aliphatic heterocycles. The highest BCUT2D eigenvalue weighted by molar-refractivity contribution is 6.05. The lowest BCUT2D eigenvalue weighted by Crippen LogP contribution is -2.07. The summed E-state index contributed by atoms with van der Waals surface area (Å²) in [6, 6.07) is 23.5. The lowest BCUT2D eigenvalue weighted by atomic mass is 9.79. The highest BCUT2D eigenvalue weighted by Gasteiger charge is 2.21. The largest absolute Gasteiger partial charge is 0.298 e. The van der Waals surface area contributed by atoms with Crippen LogP contribution in [0.4, 0.5) is 0 Å². The van der Waals surface area contributed by atoms with Gasteiger partial charge in [0.15, 0.2) is 6.29 Å². The van der Waals surface area contributed by atoms with Crippen molar-refractivity contribution < 1.29 is 4.79 Å². The van der Waals surface area contributed by atoms with Crippen molar-refractivity contribution in [2.24, 2.45) is 0 Å². The lowest BCUT2D eigenvalue weighted by Gasteiger charge is -2.25. The minimum Gasteiger partial charge on any atom is -0.298 e. The highest BCUT2D eigenvalue weighted by atomic mass is 16.1. The number of aldehydes is 1. The van der Waals surface area contributed by atoms with E-state index in [1.165, 1.54) is 46.7 Å². The van der Waals surface area contributed by atoms with Gasteiger partial charge in [0, 0.05) is 5.56 Å². The van der Waals surface area contributed by atoms with Gasteiger partial charge in [-0.15, -0.1) is 0 Å². The Balaban J connectivity index is 1.53. The first kappa shape index (κ1) is 17.4. The summed E-state index contributed by atoms with van der Waals surface area (Å²) >= 11 is 0. The van der Waals surface area contributed by atoms with E-state index in [0.29, 0.717) is 0 Å². The van der Waals surface area contributed by atoms with Crippen molar-refractivity contribution in [1.82, 2.24) is 0 Å². The van der Waals surface area contributed by atoms with Gasteiger partial charge >= 0.3 is 0 Å². The summed E-state index contributed by atoms with van der Waals surface area (Å²) in [7, 11) is 0. The molecule has 144 valence electrons. The van der Waals surface area contributed by atoms with Crippen molar-refractivity contribution in [3.05, 3.63) is 101 Å². The minimum absolute atomic E-state index is 0.771. The topological polar surface area (TPSA) is 17.1 Å². The molecule has 0 heterocycles. The van der Waals surface area contributed by atoms with E-state index in [0.717, 1.165) is 40.2 Å². The molecule has 4 aromatic carbocycles. The summed E-state index contributed by atoms with van der Waals surface area (Å²) in [5, 5.41) is 4.71. The van der Waals surface area contributed by atoms with Crippen LogP contribution in [-0.2, 0) is 6.42 Å². The van der Waals surface area contributed by atoms with E-state index in [1.54, 1.807) is 5.57 Å². The predicted octanol–water partition coefficient (Wildman–Crippen LogP) is 7.52. The second kappa shape index (κ2) is 6.81. The monoisotopic (exact) mass is 386 g/mol. The number of rotatable bonds is 2. The number of benzene rings is 4. The van der Waals surface area contributed by atoms with Crippen molar-refractivity contribution in [2.45, 2.75) is 25.7 Å². The van der Waals surface area contributed by atoms with Crippen molar-refractivity contribution in [2.75, 3.05) is 0 Å². The molecule has 0 aromatic heterocycles. The summed E-state index contributed by atoms with van der Waals surface area (Å²) in [5.74, 6) is 0. The van der Waals surface area contributed by atoms with Crippen LogP contribution < -0.4 is 0 Å². The fourth-order valence-electron chi connectivity index (χ4n) is 5.28. The van der Waals surface area contributed by atoms with Crippen LogP contribution in [0.1, 0.15) is 40.7 Å². The summed E-state index contributed by atoms with van der Waals surface area (Å²) in [6.07, 6.45) is 10.3. The number of carbonyl (C=O) groups is 1. The molecule has 0 spiro atoms. The van der Waals surface area contributed by atoms with E-state index >= 15 is 0 Å². The second-order valence-corrected chi connectivity index (χ2v) is 8.35. The Bertz CT molecular complexity index is 1400. The van der Waals surface area contributed by atoms with Gasteiger partial charge in [0.05, 0.1) is 0 Å². The third kappa shape index (κ3) is 2.59. The van der Waals surface area contributed by atoms with Gasteiger partial charge in [-0.2, -0.15) is 0 Å². The van der Waals surface area contributed by atoms with Crippen LogP contribution in [0.5, 0.6) is 0 Å². The van der Waals surface area contributed by atoms with Gasteiger partial charge in [0.25, 0.3) is 0 Å². The number of hydrogen-bond donors (Lipinski definition) is 0. The van der Waals surface area contributed by atoms with Crippen molar-refractivity contribution in [1.29, 1.82) is 0 Å². The molecule has 1 nitrogen and oxygen atoms in total. The molecule has 30 heavy (non-hydrogen) atoms. The summed E-state index contributed by atoms with van der Waals surface area (Å²) in [4.78, 5) is 12.0. The van der Waals surface area contributed by atoms with Crippen LogP contribution in [0, 0.1) is 0 Å². The molecular formula is C29H22O. The zero-order valence-corrected chi connectivity index (χ0v) is 16.8. The average Bonchev–Trinajstić information content (AvgIpc) is 2.82. The molecule has 0 N–H and O–H groups in total. The quantitative estimate of drug-likeness (QED) is 0.326. The molecule has 1 heteroatoms. The van der Waals surface area contributed by atoms with E-state index in [-0.39, 0.29) is 0 Å². The Kier molecular flexibility index (Phi) is 3.95. The number of hydrogen-bond acceptors (Lipinski definition) is 1. The predicted molar refractivity (Wildman–Crippen MR) is 126 cm³/mol. The maximum absolute atomic E-state index is 12.0. The molecule has 0 radical (unpaired) electrons. The van der Waals surface area contributed by atoms with Gasteiger partial charge in [-0.25, -0.2) is 0 Å². The van der Waals surface area contributed by atoms with Crippen LogP contribution in [-0.4, -0.2) is 6.29 Å². The first-order chi connectivity index (χ1) is 14.8. The Morgan fingerprint density at radius 2 is 1.60 bits per heavy atom. The molecule has 0 saturated carbocycles. The van der Waals surface area contributed by atoms with Gasteiger partial charge in [-0.3, -0.25) is 4.79 Å². The summed E-state index contributed by atoms with van der Waals surface area (Å²) < 4.78 is 0. The Labute approximate surface area is 176 Å². The van der Waals surface area contributed by atoms with Gasteiger partial charge in [-0.1, -0.05) is 78.4 Å². The minimum atomic E-state index is 0.771. The standard InChI is InChI=1S/C29H22O/c30-18-29-24-8-4-2-6-20(24)9-13-26(29)22-11-14-25-21(17-22)12-16-27-23-7-3-1-5-19(23)10-15-28(25)27/h2-4,6-9,11-14,16-18H,1,5,10,15H2. The molecule has 0 unspecified atom stereocenters. The van der Waals surface area contributed by atoms with Crippen LogP contribution in [0.25, 0.3) is 38.2 Å². The van der Waals surface area contributed by atoms with Crippen molar-refractivity contribution >= 4 is 33.4 Å². The number of allylic oxidation sites excluding steroid dienone is 4.